The summed E-state index contributed by atoms with van der Waals surface area (Å²) in [4.78, 5) is 0. The molecule has 2 unspecified atom stereocenters. The van der Waals surface area contributed by atoms with Crippen LogP contribution in [0.5, 0.6) is 5.75 Å². The fraction of sp³-hybridized carbons (Fsp3) is 0.667. The van der Waals surface area contributed by atoms with Gasteiger partial charge in [0.15, 0.2) is 0 Å². The lowest BCUT2D eigenvalue weighted by Gasteiger charge is -2.26. The fourth-order valence-corrected chi connectivity index (χ4v) is 2.39. The van der Waals surface area contributed by atoms with Crippen LogP contribution in [0.2, 0.25) is 0 Å². The number of likely N-dealkylation sites (N-methyl/N-ethyl adjacent to an activating group) is 1. The maximum absolute atomic E-state index is 6.06. The molecule has 0 heterocycles. The van der Waals surface area contributed by atoms with E-state index < -0.39 is 0 Å². The molecule has 0 saturated heterocycles. The summed E-state index contributed by atoms with van der Waals surface area (Å²) < 4.78 is 6.06. The molecule has 1 aromatic carbocycles. The second-order valence-electron chi connectivity index (χ2n) is 6.16. The second-order valence-corrected chi connectivity index (χ2v) is 6.16. The van der Waals surface area contributed by atoms with E-state index in [1.165, 1.54) is 5.56 Å². The minimum absolute atomic E-state index is 0.185. The normalized spacial score (nSPS) is 14.9. The molecule has 2 atom stereocenters. The first-order chi connectivity index (χ1) is 9.44. The van der Waals surface area contributed by atoms with Gasteiger partial charge in [-0.3, -0.25) is 0 Å². The zero-order valence-corrected chi connectivity index (χ0v) is 14.0. The van der Waals surface area contributed by atoms with E-state index in [2.05, 4.69) is 71.1 Å². The molecule has 0 aliphatic rings. The van der Waals surface area contributed by atoms with E-state index in [1.807, 2.05) is 0 Å². The van der Waals surface area contributed by atoms with Crippen molar-refractivity contribution in [3.05, 3.63) is 29.8 Å². The first kappa shape index (κ1) is 17.0. The van der Waals surface area contributed by atoms with Crippen LogP contribution < -0.4 is 10.1 Å². The molecule has 0 aliphatic heterocycles. The van der Waals surface area contributed by atoms with Crippen molar-refractivity contribution < 1.29 is 4.74 Å². The van der Waals surface area contributed by atoms with Gasteiger partial charge in [-0.1, -0.05) is 46.8 Å². The van der Waals surface area contributed by atoms with Crippen LogP contribution in [0.3, 0.4) is 0 Å². The average Bonchev–Trinajstić information content (AvgIpc) is 2.45. The number of ether oxygens (including phenoxy) is 1. The highest BCUT2D eigenvalue weighted by Gasteiger charge is 2.19. The predicted octanol–water partition coefficient (Wildman–Crippen LogP) is 4.53. The third kappa shape index (κ3) is 4.52. The van der Waals surface area contributed by atoms with Crippen LogP contribution in [0, 0.1) is 0 Å². The van der Waals surface area contributed by atoms with Gasteiger partial charge in [0.25, 0.3) is 0 Å². The molecule has 0 aromatic heterocycles. The first-order valence-corrected chi connectivity index (χ1v) is 7.95. The van der Waals surface area contributed by atoms with Crippen molar-refractivity contribution in [2.45, 2.75) is 71.9 Å². The molecule has 0 aliphatic carbocycles. The Morgan fingerprint density at radius 2 is 1.70 bits per heavy atom. The van der Waals surface area contributed by atoms with E-state index in [4.69, 9.17) is 4.74 Å². The zero-order chi connectivity index (χ0) is 15.2. The summed E-state index contributed by atoms with van der Waals surface area (Å²) in [6, 6.07) is 9.00. The minimum atomic E-state index is 0.185. The Kier molecular flexibility index (Phi) is 6.54. The van der Waals surface area contributed by atoms with Gasteiger partial charge in [0.05, 0.1) is 0 Å². The Hall–Kier alpha value is -1.02. The Balaban J connectivity index is 2.70. The Labute approximate surface area is 124 Å². The lowest BCUT2D eigenvalue weighted by atomic mass is 9.82. The standard InChI is InChI=1S/C18H31NO/c1-7-17(19-9-3)14(4)20-16-12-10-15(11-13-16)18(5,6)8-2/h10-14,17,19H,7-9H2,1-6H3. The van der Waals surface area contributed by atoms with E-state index in [0.717, 1.165) is 25.1 Å². The molecule has 0 fully saturated rings. The molecule has 1 rings (SSSR count). The van der Waals surface area contributed by atoms with E-state index in [1.54, 1.807) is 0 Å². The highest BCUT2D eigenvalue weighted by molar-refractivity contribution is 5.31. The molecule has 0 spiro atoms. The zero-order valence-electron chi connectivity index (χ0n) is 14.0. The average molecular weight is 277 g/mol. The Morgan fingerprint density at radius 3 is 2.15 bits per heavy atom. The van der Waals surface area contributed by atoms with Crippen molar-refractivity contribution in [1.29, 1.82) is 0 Å². The number of rotatable bonds is 8. The summed E-state index contributed by atoms with van der Waals surface area (Å²) in [6.07, 6.45) is 2.41. The molecule has 0 radical (unpaired) electrons. The van der Waals surface area contributed by atoms with Crippen LogP contribution in [-0.4, -0.2) is 18.7 Å². The summed E-state index contributed by atoms with van der Waals surface area (Å²) in [5, 5.41) is 3.47. The van der Waals surface area contributed by atoms with Crippen LogP contribution in [0.4, 0.5) is 0 Å². The van der Waals surface area contributed by atoms with Crippen LogP contribution in [0.15, 0.2) is 24.3 Å². The lowest BCUT2D eigenvalue weighted by molar-refractivity contribution is 0.168. The van der Waals surface area contributed by atoms with Gasteiger partial charge in [-0.05, 0) is 49.4 Å². The van der Waals surface area contributed by atoms with E-state index in [0.29, 0.717) is 6.04 Å². The van der Waals surface area contributed by atoms with Crippen molar-refractivity contribution in [2.24, 2.45) is 0 Å². The predicted molar refractivity (Wildman–Crippen MR) is 87.6 cm³/mol. The summed E-state index contributed by atoms with van der Waals surface area (Å²) in [7, 11) is 0. The van der Waals surface area contributed by atoms with E-state index in [9.17, 15) is 0 Å². The monoisotopic (exact) mass is 277 g/mol. The van der Waals surface area contributed by atoms with Gasteiger partial charge in [-0.2, -0.15) is 0 Å². The van der Waals surface area contributed by atoms with Gasteiger partial charge in [0.2, 0.25) is 0 Å². The molecule has 2 nitrogen and oxygen atoms in total. The topological polar surface area (TPSA) is 21.3 Å². The molecule has 2 heteroatoms. The van der Waals surface area contributed by atoms with Gasteiger partial charge < -0.3 is 10.1 Å². The van der Waals surface area contributed by atoms with Crippen LogP contribution in [-0.2, 0) is 5.41 Å². The number of hydrogen-bond acceptors (Lipinski definition) is 2. The van der Waals surface area contributed by atoms with Crippen molar-refractivity contribution >= 4 is 0 Å². The van der Waals surface area contributed by atoms with Gasteiger partial charge >= 0.3 is 0 Å². The molecule has 1 aromatic rings. The number of benzene rings is 1. The van der Waals surface area contributed by atoms with Crippen LogP contribution >= 0.6 is 0 Å². The highest BCUT2D eigenvalue weighted by atomic mass is 16.5. The van der Waals surface area contributed by atoms with Gasteiger partial charge in [0.1, 0.15) is 11.9 Å². The summed E-state index contributed by atoms with van der Waals surface area (Å²) in [5.41, 5.74) is 1.61. The van der Waals surface area contributed by atoms with Crippen molar-refractivity contribution in [3.63, 3.8) is 0 Å². The maximum atomic E-state index is 6.06. The largest absolute Gasteiger partial charge is 0.489 e. The summed E-state index contributed by atoms with van der Waals surface area (Å²) >= 11 is 0. The van der Waals surface area contributed by atoms with Crippen LogP contribution in [0.1, 0.15) is 59.9 Å². The smallest absolute Gasteiger partial charge is 0.119 e. The molecule has 0 bridgehead atoms. The molecule has 20 heavy (non-hydrogen) atoms. The highest BCUT2D eigenvalue weighted by Crippen LogP contribution is 2.28. The van der Waals surface area contributed by atoms with Gasteiger partial charge in [0, 0.05) is 6.04 Å². The molecule has 114 valence electrons. The summed E-state index contributed by atoms with van der Waals surface area (Å²) in [6.45, 7) is 14.2. The molecular weight excluding hydrogens is 246 g/mol. The van der Waals surface area contributed by atoms with Crippen LogP contribution in [0.25, 0.3) is 0 Å². The molecule has 1 N–H and O–H groups in total. The van der Waals surface area contributed by atoms with Gasteiger partial charge in [-0.25, -0.2) is 0 Å². The maximum Gasteiger partial charge on any atom is 0.119 e. The summed E-state index contributed by atoms with van der Waals surface area (Å²) in [5.74, 6) is 0.963. The SMILES string of the molecule is CCNC(CC)C(C)Oc1ccc(C(C)(C)CC)cc1. The molecule has 0 saturated carbocycles. The van der Waals surface area contributed by atoms with E-state index >= 15 is 0 Å². The second kappa shape index (κ2) is 7.68. The number of hydrogen-bond donors (Lipinski definition) is 1. The third-order valence-corrected chi connectivity index (χ3v) is 4.31. The fourth-order valence-electron chi connectivity index (χ4n) is 2.39. The molecule has 0 amide bonds. The van der Waals surface area contributed by atoms with Crippen molar-refractivity contribution in [2.75, 3.05) is 6.54 Å². The Morgan fingerprint density at radius 1 is 1.10 bits per heavy atom. The minimum Gasteiger partial charge on any atom is -0.489 e. The van der Waals surface area contributed by atoms with Gasteiger partial charge in [-0.15, -0.1) is 0 Å². The quantitative estimate of drug-likeness (QED) is 0.754. The van der Waals surface area contributed by atoms with E-state index in [-0.39, 0.29) is 11.5 Å². The number of nitrogens with one attached hydrogen (secondary N) is 1. The lowest BCUT2D eigenvalue weighted by Crippen LogP contribution is -2.40. The van der Waals surface area contributed by atoms with Crippen molar-refractivity contribution in [1.82, 2.24) is 5.32 Å². The first-order valence-electron chi connectivity index (χ1n) is 7.95. The molecular formula is C18H31NO. The Bertz CT molecular complexity index is 383. The third-order valence-electron chi connectivity index (χ3n) is 4.31. The van der Waals surface area contributed by atoms with Crippen molar-refractivity contribution in [3.8, 4) is 5.75 Å².